The quantitative estimate of drug-likeness (QED) is 0.249. The van der Waals surface area contributed by atoms with E-state index in [0.717, 1.165) is 43.9 Å². The Morgan fingerprint density at radius 3 is 2.39 bits per heavy atom. The van der Waals surface area contributed by atoms with Crippen molar-refractivity contribution in [1.29, 1.82) is 0 Å². The summed E-state index contributed by atoms with van der Waals surface area (Å²) in [5.41, 5.74) is 3.76. The maximum atomic E-state index is 9.44. The Kier molecular flexibility index (Phi) is 8.56. The van der Waals surface area contributed by atoms with Crippen molar-refractivity contribution in [3.63, 3.8) is 0 Å². The van der Waals surface area contributed by atoms with E-state index in [0.29, 0.717) is 6.54 Å². The van der Waals surface area contributed by atoms with E-state index in [2.05, 4.69) is 71.6 Å². The van der Waals surface area contributed by atoms with Gasteiger partial charge >= 0.3 is 0 Å². The molecule has 4 rings (SSSR count). The molecule has 0 aliphatic rings. The second kappa shape index (κ2) is 12.2. The third-order valence-electron chi connectivity index (χ3n) is 5.91. The van der Waals surface area contributed by atoms with E-state index < -0.39 is 0 Å². The topological polar surface area (TPSA) is 45.8 Å². The first kappa shape index (κ1) is 23.1. The minimum absolute atomic E-state index is 0.137. The van der Waals surface area contributed by atoms with Gasteiger partial charge in [0.1, 0.15) is 5.75 Å². The zero-order chi connectivity index (χ0) is 22.7. The van der Waals surface area contributed by atoms with Crippen molar-refractivity contribution in [3.8, 4) is 5.75 Å². The van der Waals surface area contributed by atoms with Crippen LogP contribution >= 0.6 is 0 Å². The van der Waals surface area contributed by atoms with E-state index >= 15 is 0 Å². The first-order chi connectivity index (χ1) is 16.3. The highest BCUT2D eigenvalue weighted by molar-refractivity contribution is 5.84. The largest absolute Gasteiger partial charge is 0.494 e. The second-order valence-corrected chi connectivity index (χ2v) is 8.55. The normalized spacial score (nSPS) is 11.3. The fourth-order valence-electron chi connectivity index (χ4n) is 4.16. The van der Waals surface area contributed by atoms with Crippen LogP contribution in [-0.2, 0) is 19.5 Å². The minimum Gasteiger partial charge on any atom is -0.494 e. The van der Waals surface area contributed by atoms with Crippen molar-refractivity contribution >= 4 is 10.8 Å². The molecule has 0 unspecified atom stereocenters. The Morgan fingerprint density at radius 2 is 1.58 bits per heavy atom. The number of furan rings is 1. The molecule has 4 nitrogen and oxygen atoms in total. The number of aliphatic hydroxyl groups excluding tert-OH is 1. The molecule has 4 aromatic rings. The number of unbranched alkanes of at least 4 members (excludes halogenated alkanes) is 2. The van der Waals surface area contributed by atoms with Crippen LogP contribution in [0.2, 0.25) is 0 Å². The molecule has 4 heteroatoms. The molecule has 0 saturated heterocycles. The Hall–Kier alpha value is -3.08. The van der Waals surface area contributed by atoms with Gasteiger partial charge in [-0.25, -0.2) is 0 Å². The number of rotatable bonds is 13. The molecule has 0 bridgehead atoms. The number of hydrogen-bond acceptors (Lipinski definition) is 4. The lowest BCUT2D eigenvalue weighted by Gasteiger charge is -2.21. The van der Waals surface area contributed by atoms with Gasteiger partial charge in [-0.1, -0.05) is 48.5 Å². The number of benzene rings is 3. The molecular formula is C29H33NO3. The molecule has 0 fully saturated rings. The van der Waals surface area contributed by atoms with Crippen molar-refractivity contribution in [2.24, 2.45) is 0 Å². The lowest BCUT2D eigenvalue weighted by molar-refractivity contribution is 0.184. The third-order valence-corrected chi connectivity index (χ3v) is 5.91. The molecule has 0 atom stereocenters. The molecular weight excluding hydrogens is 410 g/mol. The predicted molar refractivity (Wildman–Crippen MR) is 133 cm³/mol. The van der Waals surface area contributed by atoms with Crippen LogP contribution in [0.1, 0.15) is 36.0 Å². The molecule has 0 aliphatic heterocycles. The molecule has 0 radical (unpaired) electrons. The van der Waals surface area contributed by atoms with Gasteiger partial charge in [-0.15, -0.1) is 0 Å². The van der Waals surface area contributed by atoms with Gasteiger partial charge in [0.05, 0.1) is 25.7 Å². The standard InChI is InChI=1S/C29H33NO3/c31-16-15-30(22-26-14-18-32-23-26)21-25-10-11-28-20-29(13-12-27(28)19-25)33-17-6-2-5-9-24-7-3-1-4-8-24/h1,3-4,7-8,10-14,18-20,23,31H,2,5-6,9,15-17,21-22H2. The summed E-state index contributed by atoms with van der Waals surface area (Å²) in [6.45, 7) is 3.05. The number of fused-ring (bicyclic) bond motifs is 1. The molecule has 172 valence electrons. The maximum absolute atomic E-state index is 9.44. The molecule has 33 heavy (non-hydrogen) atoms. The lowest BCUT2D eigenvalue weighted by atomic mass is 10.1. The average Bonchev–Trinajstić information content (AvgIpc) is 3.35. The van der Waals surface area contributed by atoms with Crippen LogP contribution in [0, 0.1) is 0 Å². The van der Waals surface area contributed by atoms with Gasteiger partial charge < -0.3 is 14.3 Å². The van der Waals surface area contributed by atoms with Gasteiger partial charge in [0.15, 0.2) is 0 Å². The Bertz CT molecular complexity index is 1090. The van der Waals surface area contributed by atoms with Crippen LogP contribution in [0.15, 0.2) is 89.7 Å². The Morgan fingerprint density at radius 1 is 0.758 bits per heavy atom. The van der Waals surface area contributed by atoms with Gasteiger partial charge in [0.2, 0.25) is 0 Å². The maximum Gasteiger partial charge on any atom is 0.119 e. The zero-order valence-corrected chi connectivity index (χ0v) is 19.2. The summed E-state index contributed by atoms with van der Waals surface area (Å²) < 4.78 is 11.2. The molecule has 1 N–H and O–H groups in total. The molecule has 0 amide bonds. The zero-order valence-electron chi connectivity index (χ0n) is 19.2. The summed E-state index contributed by atoms with van der Waals surface area (Å²) in [6, 6.07) is 25.5. The summed E-state index contributed by atoms with van der Waals surface area (Å²) in [4.78, 5) is 2.22. The number of aliphatic hydroxyl groups is 1. The highest BCUT2D eigenvalue weighted by Crippen LogP contribution is 2.23. The van der Waals surface area contributed by atoms with Gasteiger partial charge in [-0.3, -0.25) is 4.90 Å². The van der Waals surface area contributed by atoms with Crippen molar-refractivity contribution in [2.45, 2.75) is 38.8 Å². The number of hydrogen-bond donors (Lipinski definition) is 1. The van der Waals surface area contributed by atoms with E-state index in [4.69, 9.17) is 9.15 Å². The average molecular weight is 444 g/mol. The molecule has 0 spiro atoms. The van der Waals surface area contributed by atoms with E-state index in [-0.39, 0.29) is 6.61 Å². The summed E-state index contributed by atoms with van der Waals surface area (Å²) >= 11 is 0. The predicted octanol–water partition coefficient (Wildman–Crippen LogP) is 6.22. The van der Waals surface area contributed by atoms with Crippen LogP contribution in [0.3, 0.4) is 0 Å². The summed E-state index contributed by atoms with van der Waals surface area (Å²) in [5.74, 6) is 0.931. The lowest BCUT2D eigenvalue weighted by Crippen LogP contribution is -2.25. The van der Waals surface area contributed by atoms with Crippen molar-refractivity contribution in [1.82, 2.24) is 4.90 Å². The SMILES string of the molecule is OCCN(Cc1ccoc1)Cc1ccc2cc(OCCCCCc3ccccc3)ccc2c1. The Labute approximate surface area is 196 Å². The molecule has 0 saturated carbocycles. The number of nitrogens with zero attached hydrogens (tertiary/aromatic N) is 1. The second-order valence-electron chi connectivity index (χ2n) is 8.55. The first-order valence-corrected chi connectivity index (χ1v) is 11.8. The van der Waals surface area contributed by atoms with E-state index in [1.165, 1.54) is 34.7 Å². The van der Waals surface area contributed by atoms with E-state index in [9.17, 15) is 5.11 Å². The molecule has 3 aromatic carbocycles. The van der Waals surface area contributed by atoms with Gasteiger partial charge in [0, 0.05) is 25.2 Å². The smallest absolute Gasteiger partial charge is 0.119 e. The number of ether oxygens (including phenoxy) is 1. The molecule has 0 aliphatic carbocycles. The monoisotopic (exact) mass is 443 g/mol. The first-order valence-electron chi connectivity index (χ1n) is 11.8. The van der Waals surface area contributed by atoms with E-state index in [1.807, 2.05) is 6.07 Å². The van der Waals surface area contributed by atoms with Gasteiger partial charge in [0.25, 0.3) is 0 Å². The van der Waals surface area contributed by atoms with Crippen molar-refractivity contribution < 1.29 is 14.3 Å². The van der Waals surface area contributed by atoms with Crippen LogP contribution in [0.4, 0.5) is 0 Å². The highest BCUT2D eigenvalue weighted by Gasteiger charge is 2.09. The third kappa shape index (κ3) is 7.21. The fourth-order valence-corrected chi connectivity index (χ4v) is 4.16. The summed E-state index contributed by atoms with van der Waals surface area (Å²) in [7, 11) is 0. The van der Waals surface area contributed by atoms with Gasteiger partial charge in [-0.2, -0.15) is 0 Å². The summed E-state index contributed by atoms with van der Waals surface area (Å²) in [5, 5.41) is 11.8. The van der Waals surface area contributed by atoms with Gasteiger partial charge in [-0.05, 0) is 71.8 Å². The molecule has 1 aromatic heterocycles. The summed E-state index contributed by atoms with van der Waals surface area (Å²) in [6.07, 6.45) is 8.03. The minimum atomic E-state index is 0.137. The fraction of sp³-hybridized carbons (Fsp3) is 0.310. The van der Waals surface area contributed by atoms with Crippen LogP contribution in [0.5, 0.6) is 5.75 Å². The van der Waals surface area contributed by atoms with Crippen molar-refractivity contribution in [3.05, 3.63) is 102 Å². The number of aryl methyl sites for hydroxylation is 1. The van der Waals surface area contributed by atoms with Crippen molar-refractivity contribution in [2.75, 3.05) is 19.8 Å². The van der Waals surface area contributed by atoms with Crippen LogP contribution < -0.4 is 4.74 Å². The van der Waals surface area contributed by atoms with Crippen LogP contribution in [-0.4, -0.2) is 29.8 Å². The van der Waals surface area contributed by atoms with Crippen LogP contribution in [0.25, 0.3) is 10.8 Å². The highest BCUT2D eigenvalue weighted by atomic mass is 16.5. The molecule has 1 heterocycles. The Balaban J connectivity index is 1.26. The van der Waals surface area contributed by atoms with E-state index in [1.54, 1.807) is 12.5 Å².